The van der Waals surface area contributed by atoms with Gasteiger partial charge in [0.15, 0.2) is 17.2 Å². The summed E-state index contributed by atoms with van der Waals surface area (Å²) in [6.45, 7) is 0. The molecule has 0 saturated carbocycles. The molecule has 0 atom stereocenters. The van der Waals surface area contributed by atoms with Crippen molar-refractivity contribution < 1.29 is 20.1 Å². The maximum absolute atomic E-state index is 10.7. The number of aromatic nitrogens is 2. The fourth-order valence-corrected chi connectivity index (χ4v) is 1.29. The number of nitrogens with zero attached hydrogens (tertiary/aromatic N) is 2. The van der Waals surface area contributed by atoms with Gasteiger partial charge in [-0.15, -0.1) is 0 Å². The topological polar surface area (TPSA) is 104 Å². The molecule has 3 N–H and O–H groups in total. The number of hydrogen-bond acceptors (Lipinski definition) is 5. The number of phenolic OH excluding ortho intramolecular Hbond substituents is 2. The highest BCUT2D eigenvalue weighted by molar-refractivity contribution is 5.85. The summed E-state index contributed by atoms with van der Waals surface area (Å²) in [7, 11) is 0. The molecular weight excluding hydrogens is 224 g/mol. The minimum Gasteiger partial charge on any atom is -0.504 e. The average molecular weight is 232 g/mol. The zero-order valence-corrected chi connectivity index (χ0v) is 8.53. The monoisotopic (exact) mass is 232 g/mol. The summed E-state index contributed by atoms with van der Waals surface area (Å²) in [5.41, 5.74) is 0.589. The molecule has 1 aromatic carbocycles. The van der Waals surface area contributed by atoms with Gasteiger partial charge in [0.2, 0.25) is 0 Å². The van der Waals surface area contributed by atoms with Crippen molar-refractivity contribution >= 4 is 5.97 Å². The Morgan fingerprint density at radius 2 is 1.88 bits per heavy atom. The number of carboxylic acid groups (broad SMARTS) is 1. The van der Waals surface area contributed by atoms with Crippen LogP contribution in [0.25, 0.3) is 11.3 Å². The summed E-state index contributed by atoms with van der Waals surface area (Å²) < 4.78 is 0. The first kappa shape index (κ1) is 10.9. The van der Waals surface area contributed by atoms with Crippen LogP contribution in [0.15, 0.2) is 30.6 Å². The van der Waals surface area contributed by atoms with E-state index in [4.69, 9.17) is 10.2 Å². The van der Waals surface area contributed by atoms with E-state index in [1.807, 2.05) is 0 Å². The molecule has 17 heavy (non-hydrogen) atoms. The number of phenols is 2. The molecule has 0 aliphatic heterocycles. The predicted octanol–water partition coefficient (Wildman–Crippen LogP) is 1.25. The van der Waals surface area contributed by atoms with Gasteiger partial charge in [-0.3, -0.25) is 4.98 Å². The summed E-state index contributed by atoms with van der Waals surface area (Å²) >= 11 is 0. The molecule has 0 amide bonds. The van der Waals surface area contributed by atoms with E-state index in [1.54, 1.807) is 0 Å². The normalized spacial score (nSPS) is 10.1. The van der Waals surface area contributed by atoms with Crippen LogP contribution >= 0.6 is 0 Å². The third-order valence-electron chi connectivity index (χ3n) is 2.12. The molecule has 0 radical (unpaired) electrons. The van der Waals surface area contributed by atoms with Crippen LogP contribution in [0, 0.1) is 0 Å². The van der Waals surface area contributed by atoms with E-state index in [2.05, 4.69) is 9.97 Å². The van der Waals surface area contributed by atoms with Crippen LogP contribution in [-0.4, -0.2) is 31.3 Å². The summed E-state index contributed by atoms with van der Waals surface area (Å²) in [5, 5.41) is 27.2. The van der Waals surface area contributed by atoms with Gasteiger partial charge in [0.1, 0.15) is 0 Å². The van der Waals surface area contributed by atoms with Crippen LogP contribution in [0.3, 0.4) is 0 Å². The van der Waals surface area contributed by atoms with Crippen molar-refractivity contribution in [1.82, 2.24) is 9.97 Å². The van der Waals surface area contributed by atoms with Gasteiger partial charge in [0.25, 0.3) is 0 Å². The van der Waals surface area contributed by atoms with Crippen molar-refractivity contribution in [3.05, 3.63) is 36.3 Å². The van der Waals surface area contributed by atoms with E-state index in [1.165, 1.54) is 24.4 Å². The van der Waals surface area contributed by atoms with Gasteiger partial charge in [-0.25, -0.2) is 9.78 Å². The molecule has 0 bridgehead atoms. The van der Waals surface area contributed by atoms with Crippen LogP contribution in [0.4, 0.5) is 0 Å². The average Bonchev–Trinajstić information content (AvgIpc) is 2.33. The van der Waals surface area contributed by atoms with Crippen LogP contribution < -0.4 is 0 Å². The van der Waals surface area contributed by atoms with E-state index < -0.39 is 5.97 Å². The lowest BCUT2D eigenvalue weighted by Gasteiger charge is -2.03. The number of aromatic hydroxyl groups is 2. The van der Waals surface area contributed by atoms with Gasteiger partial charge >= 0.3 is 5.97 Å². The zero-order chi connectivity index (χ0) is 12.4. The zero-order valence-electron chi connectivity index (χ0n) is 8.53. The van der Waals surface area contributed by atoms with Crippen molar-refractivity contribution in [1.29, 1.82) is 0 Å². The lowest BCUT2D eigenvalue weighted by atomic mass is 10.1. The van der Waals surface area contributed by atoms with E-state index in [-0.39, 0.29) is 17.2 Å². The van der Waals surface area contributed by atoms with E-state index in [9.17, 15) is 9.90 Å². The Bertz CT molecular complexity index is 583. The molecule has 2 aromatic rings. The quantitative estimate of drug-likeness (QED) is 0.673. The molecule has 6 nitrogen and oxygen atoms in total. The van der Waals surface area contributed by atoms with Gasteiger partial charge in [-0.05, 0) is 18.2 Å². The second kappa shape index (κ2) is 4.09. The molecular formula is C11H8N2O4. The molecule has 0 aliphatic rings. The highest BCUT2D eigenvalue weighted by atomic mass is 16.4. The fraction of sp³-hybridized carbons (Fsp3) is 0. The highest BCUT2D eigenvalue weighted by Crippen LogP contribution is 2.29. The summed E-state index contributed by atoms with van der Waals surface area (Å²) in [5.74, 6) is -1.73. The minimum absolute atomic E-state index is 0.185. The number of aromatic carboxylic acids is 1. The Labute approximate surface area is 95.8 Å². The molecule has 1 aromatic heterocycles. The van der Waals surface area contributed by atoms with Crippen LogP contribution in [-0.2, 0) is 0 Å². The third kappa shape index (κ3) is 2.15. The van der Waals surface area contributed by atoms with Gasteiger partial charge in [-0.1, -0.05) is 0 Å². The maximum Gasteiger partial charge on any atom is 0.356 e. The van der Waals surface area contributed by atoms with Crippen LogP contribution in [0.2, 0.25) is 0 Å². The molecule has 0 spiro atoms. The Kier molecular flexibility index (Phi) is 2.61. The molecule has 0 fully saturated rings. The lowest BCUT2D eigenvalue weighted by molar-refractivity contribution is 0.0690. The third-order valence-corrected chi connectivity index (χ3v) is 2.12. The molecule has 0 unspecified atom stereocenters. The minimum atomic E-state index is -1.18. The van der Waals surface area contributed by atoms with Crippen LogP contribution in [0.1, 0.15) is 10.5 Å². The first-order chi connectivity index (χ1) is 8.08. The van der Waals surface area contributed by atoms with Gasteiger partial charge in [0.05, 0.1) is 18.1 Å². The Morgan fingerprint density at radius 1 is 1.12 bits per heavy atom. The smallest absolute Gasteiger partial charge is 0.356 e. The van der Waals surface area contributed by atoms with Gasteiger partial charge < -0.3 is 15.3 Å². The lowest BCUT2D eigenvalue weighted by Crippen LogP contribution is -2.01. The molecule has 0 aliphatic carbocycles. The van der Waals surface area contributed by atoms with E-state index in [0.29, 0.717) is 11.3 Å². The largest absolute Gasteiger partial charge is 0.504 e. The van der Waals surface area contributed by atoms with Crippen molar-refractivity contribution in [2.75, 3.05) is 0 Å². The number of carboxylic acids is 1. The summed E-state index contributed by atoms with van der Waals surface area (Å²) in [4.78, 5) is 18.3. The molecule has 0 saturated heterocycles. The van der Waals surface area contributed by atoms with Gasteiger partial charge in [-0.2, -0.15) is 0 Å². The molecule has 2 rings (SSSR count). The van der Waals surface area contributed by atoms with Crippen molar-refractivity contribution in [2.45, 2.75) is 0 Å². The van der Waals surface area contributed by atoms with Crippen molar-refractivity contribution in [3.63, 3.8) is 0 Å². The van der Waals surface area contributed by atoms with E-state index >= 15 is 0 Å². The number of benzene rings is 1. The summed E-state index contributed by atoms with van der Waals surface area (Å²) in [6, 6.07) is 4.08. The second-order valence-electron chi connectivity index (χ2n) is 3.30. The molecule has 86 valence electrons. The SMILES string of the molecule is O=C(O)c1cncc(-c2ccc(O)c(O)c2)n1. The Morgan fingerprint density at radius 3 is 2.53 bits per heavy atom. The standard InChI is InChI=1S/C11H8N2O4/c14-9-2-1-6(3-10(9)15)7-4-12-5-8(13-7)11(16)17/h1-5,14-15H,(H,16,17). The Balaban J connectivity index is 2.49. The number of carbonyl (C=O) groups is 1. The fourth-order valence-electron chi connectivity index (χ4n) is 1.29. The maximum atomic E-state index is 10.7. The molecule has 6 heteroatoms. The highest BCUT2D eigenvalue weighted by Gasteiger charge is 2.09. The first-order valence-corrected chi connectivity index (χ1v) is 4.65. The van der Waals surface area contributed by atoms with E-state index in [0.717, 1.165) is 6.20 Å². The van der Waals surface area contributed by atoms with Gasteiger partial charge in [0, 0.05) is 5.56 Å². The second-order valence-corrected chi connectivity index (χ2v) is 3.30. The number of hydrogen-bond donors (Lipinski definition) is 3. The predicted molar refractivity (Wildman–Crippen MR) is 57.8 cm³/mol. The molecule has 1 heterocycles. The number of rotatable bonds is 2. The van der Waals surface area contributed by atoms with Crippen molar-refractivity contribution in [3.8, 4) is 22.8 Å². The Hall–Kier alpha value is -2.63. The summed E-state index contributed by atoms with van der Waals surface area (Å²) in [6.07, 6.45) is 2.50. The van der Waals surface area contributed by atoms with Crippen molar-refractivity contribution in [2.24, 2.45) is 0 Å². The first-order valence-electron chi connectivity index (χ1n) is 4.65. The van der Waals surface area contributed by atoms with Crippen LogP contribution in [0.5, 0.6) is 11.5 Å².